The van der Waals surface area contributed by atoms with Crippen LogP contribution in [0.5, 0.6) is 17.2 Å². The smallest absolute Gasteiger partial charge is 0.237 e. The Hall–Kier alpha value is -1.66. The maximum atomic E-state index is 12.3. The fraction of sp³-hybridized carbons (Fsp3) is 0.611. The first-order valence-electron chi connectivity index (χ1n) is 8.86. The lowest BCUT2D eigenvalue weighted by molar-refractivity contribution is -0.123. The van der Waals surface area contributed by atoms with Crippen LogP contribution in [0.25, 0.3) is 0 Å². The van der Waals surface area contributed by atoms with Gasteiger partial charge in [-0.15, -0.1) is 12.4 Å². The summed E-state index contributed by atoms with van der Waals surface area (Å²) >= 11 is 0. The van der Waals surface area contributed by atoms with E-state index < -0.39 is 0 Å². The van der Waals surface area contributed by atoms with E-state index in [4.69, 9.17) is 14.2 Å². The van der Waals surface area contributed by atoms with E-state index in [1.165, 1.54) is 25.7 Å². The third kappa shape index (κ3) is 4.12. The molecule has 1 saturated carbocycles. The maximum Gasteiger partial charge on any atom is 0.237 e. The zero-order valence-electron chi connectivity index (χ0n) is 14.2. The molecule has 1 aliphatic carbocycles. The minimum Gasteiger partial charge on any atom is -0.492 e. The second-order valence-corrected chi connectivity index (χ2v) is 6.76. The Bertz CT molecular complexity index is 599. The molecule has 2 heterocycles. The van der Waals surface area contributed by atoms with Crippen LogP contribution in [0.4, 0.5) is 0 Å². The summed E-state index contributed by atoms with van der Waals surface area (Å²) in [6.45, 7) is 1.19. The summed E-state index contributed by atoms with van der Waals surface area (Å²) < 4.78 is 16.3. The number of carbonyl (C=O) groups excluding carboxylic acids is 1. The van der Waals surface area contributed by atoms with Crippen molar-refractivity contribution in [2.45, 2.75) is 44.2 Å². The van der Waals surface area contributed by atoms with Gasteiger partial charge in [-0.25, -0.2) is 0 Å². The quantitative estimate of drug-likeness (QED) is 0.780. The molecule has 0 radical (unpaired) electrons. The molecular weight excluding hydrogens is 344 g/mol. The Morgan fingerprint density at radius 3 is 2.96 bits per heavy atom. The molecule has 1 amide bonds. The van der Waals surface area contributed by atoms with Crippen LogP contribution in [-0.4, -0.2) is 37.9 Å². The minimum absolute atomic E-state index is 0. The highest BCUT2D eigenvalue weighted by Crippen LogP contribution is 2.35. The molecule has 3 atom stereocenters. The third-order valence-electron chi connectivity index (χ3n) is 5.19. The first-order valence-corrected chi connectivity index (χ1v) is 8.86. The standard InChI is InChI=1S/C18H24N2O4.ClH/c21-18(15-9-12-3-1-2-4-14(12)20-15)19-7-8-22-13-5-6-16-17(10-13)24-11-23-16;/h5-6,10,12,14-15,20H,1-4,7-9,11H2,(H,19,21);1H. The Labute approximate surface area is 154 Å². The zero-order valence-corrected chi connectivity index (χ0v) is 15.0. The van der Waals surface area contributed by atoms with E-state index in [0.717, 1.165) is 17.9 Å². The minimum atomic E-state index is -0.0383. The molecule has 2 N–H and O–H groups in total. The van der Waals surface area contributed by atoms with Gasteiger partial charge in [-0.3, -0.25) is 4.79 Å². The van der Waals surface area contributed by atoms with E-state index in [1.54, 1.807) is 0 Å². The van der Waals surface area contributed by atoms with Gasteiger partial charge in [0.15, 0.2) is 11.5 Å². The number of ether oxygens (including phenoxy) is 3. The molecular formula is C18H25ClN2O4. The van der Waals surface area contributed by atoms with Gasteiger partial charge in [0.2, 0.25) is 12.7 Å². The first kappa shape index (κ1) is 18.1. The monoisotopic (exact) mass is 368 g/mol. The maximum absolute atomic E-state index is 12.3. The van der Waals surface area contributed by atoms with Crippen LogP contribution in [0, 0.1) is 5.92 Å². The Morgan fingerprint density at radius 2 is 2.08 bits per heavy atom. The lowest BCUT2D eigenvalue weighted by atomic mass is 9.85. The number of nitrogens with one attached hydrogen (secondary N) is 2. The number of halogens is 1. The molecule has 2 aliphatic heterocycles. The summed E-state index contributed by atoms with van der Waals surface area (Å²) in [6.07, 6.45) is 6.03. The molecule has 1 saturated heterocycles. The van der Waals surface area contributed by atoms with Crippen LogP contribution in [0.15, 0.2) is 18.2 Å². The van der Waals surface area contributed by atoms with Crippen molar-refractivity contribution < 1.29 is 19.0 Å². The van der Waals surface area contributed by atoms with Crippen LogP contribution >= 0.6 is 12.4 Å². The van der Waals surface area contributed by atoms with Crippen molar-refractivity contribution in [3.8, 4) is 17.2 Å². The van der Waals surface area contributed by atoms with Gasteiger partial charge in [-0.1, -0.05) is 12.8 Å². The van der Waals surface area contributed by atoms with E-state index in [1.807, 2.05) is 18.2 Å². The van der Waals surface area contributed by atoms with E-state index in [2.05, 4.69) is 10.6 Å². The SMILES string of the molecule is Cl.O=C(NCCOc1ccc2c(c1)OCO2)C1CC2CCCCC2N1. The van der Waals surface area contributed by atoms with E-state index in [-0.39, 0.29) is 31.1 Å². The first-order chi connectivity index (χ1) is 11.8. The van der Waals surface area contributed by atoms with Crippen LogP contribution in [0.2, 0.25) is 0 Å². The molecule has 4 rings (SSSR count). The second-order valence-electron chi connectivity index (χ2n) is 6.76. The molecule has 25 heavy (non-hydrogen) atoms. The van der Waals surface area contributed by atoms with Crippen molar-refractivity contribution in [3.63, 3.8) is 0 Å². The third-order valence-corrected chi connectivity index (χ3v) is 5.19. The highest BCUT2D eigenvalue weighted by molar-refractivity contribution is 5.85. The molecule has 138 valence electrons. The van der Waals surface area contributed by atoms with Crippen molar-refractivity contribution in [3.05, 3.63) is 18.2 Å². The van der Waals surface area contributed by atoms with Gasteiger partial charge in [-0.2, -0.15) is 0 Å². The zero-order chi connectivity index (χ0) is 16.4. The highest BCUT2D eigenvalue weighted by Gasteiger charge is 2.37. The van der Waals surface area contributed by atoms with Crippen LogP contribution in [-0.2, 0) is 4.79 Å². The van der Waals surface area contributed by atoms with E-state index in [9.17, 15) is 4.79 Å². The van der Waals surface area contributed by atoms with Crippen molar-refractivity contribution in [1.29, 1.82) is 0 Å². The number of hydrogen-bond acceptors (Lipinski definition) is 5. The Morgan fingerprint density at radius 1 is 1.24 bits per heavy atom. The molecule has 1 aromatic rings. The van der Waals surface area contributed by atoms with Gasteiger partial charge >= 0.3 is 0 Å². The Balaban J connectivity index is 0.00000182. The molecule has 6 nitrogen and oxygen atoms in total. The molecule has 2 fully saturated rings. The van der Waals surface area contributed by atoms with Crippen molar-refractivity contribution >= 4 is 18.3 Å². The van der Waals surface area contributed by atoms with Gasteiger partial charge in [0, 0.05) is 12.1 Å². The average molecular weight is 369 g/mol. The molecule has 1 aromatic carbocycles. The predicted molar refractivity (Wildman–Crippen MR) is 95.6 cm³/mol. The summed E-state index contributed by atoms with van der Waals surface area (Å²) in [7, 11) is 0. The van der Waals surface area contributed by atoms with Gasteiger partial charge in [0.05, 0.1) is 12.6 Å². The molecule has 0 aromatic heterocycles. The molecule has 7 heteroatoms. The molecule has 0 spiro atoms. The second kappa shape index (κ2) is 8.15. The summed E-state index contributed by atoms with van der Waals surface area (Å²) in [5, 5.41) is 6.47. The van der Waals surface area contributed by atoms with Crippen LogP contribution in [0.1, 0.15) is 32.1 Å². The number of carbonyl (C=O) groups is 1. The summed E-state index contributed by atoms with van der Waals surface area (Å²) in [5.74, 6) is 2.94. The number of amides is 1. The predicted octanol–water partition coefficient (Wildman–Crippen LogP) is 2.25. The van der Waals surface area contributed by atoms with Crippen LogP contribution in [0.3, 0.4) is 0 Å². The van der Waals surface area contributed by atoms with Crippen molar-refractivity contribution in [2.24, 2.45) is 5.92 Å². The normalized spacial score (nSPS) is 26.5. The number of fused-ring (bicyclic) bond motifs is 2. The average Bonchev–Trinajstić information content (AvgIpc) is 3.24. The lowest BCUT2D eigenvalue weighted by Gasteiger charge is -2.24. The Kier molecular flexibility index (Phi) is 5.91. The molecule has 3 unspecified atom stereocenters. The summed E-state index contributed by atoms with van der Waals surface area (Å²) in [5.41, 5.74) is 0. The summed E-state index contributed by atoms with van der Waals surface area (Å²) in [4.78, 5) is 12.3. The summed E-state index contributed by atoms with van der Waals surface area (Å²) in [6, 6.07) is 6.00. The van der Waals surface area contributed by atoms with Gasteiger partial charge < -0.3 is 24.8 Å². The fourth-order valence-electron chi connectivity index (χ4n) is 3.95. The number of benzene rings is 1. The fourth-order valence-corrected chi connectivity index (χ4v) is 3.95. The molecule has 0 bridgehead atoms. The lowest BCUT2D eigenvalue weighted by Crippen LogP contribution is -2.44. The topological polar surface area (TPSA) is 68.8 Å². The van der Waals surface area contributed by atoms with Crippen molar-refractivity contribution in [2.75, 3.05) is 19.9 Å². The van der Waals surface area contributed by atoms with Gasteiger partial charge in [-0.05, 0) is 37.3 Å². The van der Waals surface area contributed by atoms with Crippen LogP contribution < -0.4 is 24.8 Å². The number of hydrogen-bond donors (Lipinski definition) is 2. The van der Waals surface area contributed by atoms with E-state index in [0.29, 0.717) is 30.9 Å². The van der Waals surface area contributed by atoms with E-state index >= 15 is 0 Å². The largest absolute Gasteiger partial charge is 0.492 e. The number of rotatable bonds is 5. The highest BCUT2D eigenvalue weighted by atomic mass is 35.5. The van der Waals surface area contributed by atoms with Crippen molar-refractivity contribution in [1.82, 2.24) is 10.6 Å². The van der Waals surface area contributed by atoms with Gasteiger partial charge in [0.25, 0.3) is 0 Å². The van der Waals surface area contributed by atoms with Gasteiger partial charge in [0.1, 0.15) is 12.4 Å². The molecule has 3 aliphatic rings.